The molecule has 0 saturated heterocycles. The minimum absolute atomic E-state index is 0.668. The Morgan fingerprint density at radius 2 is 2.30 bits per heavy atom. The average Bonchev–Trinajstić information content (AvgIpc) is 3.05. The van der Waals surface area contributed by atoms with E-state index in [1.165, 1.54) is 0 Å². The molecule has 0 aromatic carbocycles. The summed E-state index contributed by atoms with van der Waals surface area (Å²) < 4.78 is 2.11. The van der Waals surface area contributed by atoms with Gasteiger partial charge in [-0.25, -0.2) is 4.98 Å². The van der Waals surface area contributed by atoms with Crippen LogP contribution in [0.3, 0.4) is 0 Å². The molecule has 6 nitrogen and oxygen atoms in total. The maximum atomic E-state index is 4.71. The summed E-state index contributed by atoms with van der Waals surface area (Å²) in [5, 5.41) is 14.8. The largest absolute Gasteiger partial charge is 0.339 e. The molecule has 0 fully saturated rings. The Morgan fingerprint density at radius 3 is 3.15 bits per heavy atom. The van der Waals surface area contributed by atoms with Crippen LogP contribution in [0.25, 0.3) is 0 Å². The number of fused-ring (bicyclic) bond motifs is 1. The fourth-order valence-electron chi connectivity index (χ4n) is 2.24. The molecular weight excluding hydrogens is 272 g/mol. The van der Waals surface area contributed by atoms with Crippen LogP contribution < -0.4 is 10.2 Å². The van der Waals surface area contributed by atoms with Crippen LogP contribution in [0, 0.1) is 5.92 Å². The molecule has 0 saturated carbocycles. The van der Waals surface area contributed by atoms with Crippen LogP contribution in [0.15, 0.2) is 11.7 Å². The van der Waals surface area contributed by atoms with E-state index in [0.717, 1.165) is 49.4 Å². The van der Waals surface area contributed by atoms with E-state index in [1.54, 1.807) is 17.7 Å². The normalized spacial score (nSPS) is 14.8. The van der Waals surface area contributed by atoms with Gasteiger partial charge in [0.25, 0.3) is 0 Å². The molecule has 0 bridgehead atoms. The zero-order valence-electron chi connectivity index (χ0n) is 11.9. The average molecular weight is 292 g/mol. The SMILES string of the molecule is CC(C)CNCc1csc(N2CCn3cnnc3C2)n1. The van der Waals surface area contributed by atoms with Crippen molar-refractivity contribution >= 4 is 16.5 Å². The van der Waals surface area contributed by atoms with Gasteiger partial charge in [0.2, 0.25) is 0 Å². The number of aromatic nitrogens is 4. The van der Waals surface area contributed by atoms with Crippen molar-refractivity contribution in [2.45, 2.75) is 33.5 Å². The van der Waals surface area contributed by atoms with E-state index >= 15 is 0 Å². The quantitative estimate of drug-likeness (QED) is 0.905. The Balaban J connectivity index is 1.60. The molecule has 0 aliphatic carbocycles. The summed E-state index contributed by atoms with van der Waals surface area (Å²) in [6.07, 6.45) is 1.80. The molecule has 20 heavy (non-hydrogen) atoms. The number of nitrogens with one attached hydrogen (secondary N) is 1. The topological polar surface area (TPSA) is 58.9 Å². The minimum Gasteiger partial charge on any atom is -0.339 e. The molecule has 0 amide bonds. The van der Waals surface area contributed by atoms with E-state index < -0.39 is 0 Å². The standard InChI is InChI=1S/C13H20N6S/c1-10(2)5-14-6-11-8-20-13(16-11)18-3-4-19-9-15-17-12(19)7-18/h8-10,14H,3-7H2,1-2H3. The van der Waals surface area contributed by atoms with Crippen LogP contribution in [0.1, 0.15) is 25.4 Å². The fraction of sp³-hybridized carbons (Fsp3) is 0.615. The summed E-state index contributed by atoms with van der Waals surface area (Å²) in [5.41, 5.74) is 1.12. The molecule has 2 aromatic rings. The number of nitrogens with zero attached hydrogens (tertiary/aromatic N) is 5. The van der Waals surface area contributed by atoms with Crippen molar-refractivity contribution in [3.05, 3.63) is 23.2 Å². The number of anilines is 1. The highest BCUT2D eigenvalue weighted by atomic mass is 32.1. The predicted octanol–water partition coefficient (Wildman–Crippen LogP) is 1.50. The Bertz CT molecular complexity index is 561. The second-order valence-electron chi connectivity index (χ2n) is 5.51. The van der Waals surface area contributed by atoms with Gasteiger partial charge in [-0.2, -0.15) is 0 Å². The van der Waals surface area contributed by atoms with Crippen LogP contribution in [-0.4, -0.2) is 32.8 Å². The molecule has 0 atom stereocenters. The third kappa shape index (κ3) is 2.99. The molecule has 0 radical (unpaired) electrons. The summed E-state index contributed by atoms with van der Waals surface area (Å²) in [7, 11) is 0. The van der Waals surface area contributed by atoms with E-state index in [9.17, 15) is 0 Å². The van der Waals surface area contributed by atoms with Gasteiger partial charge in [-0.15, -0.1) is 21.5 Å². The minimum atomic E-state index is 0.668. The molecule has 2 aromatic heterocycles. The van der Waals surface area contributed by atoms with Gasteiger partial charge in [0.15, 0.2) is 11.0 Å². The van der Waals surface area contributed by atoms with E-state index in [0.29, 0.717) is 5.92 Å². The Hall–Kier alpha value is -1.47. The second kappa shape index (κ2) is 5.88. The van der Waals surface area contributed by atoms with E-state index in [-0.39, 0.29) is 0 Å². The highest BCUT2D eigenvalue weighted by Gasteiger charge is 2.19. The molecule has 108 valence electrons. The van der Waals surface area contributed by atoms with E-state index in [2.05, 4.69) is 44.2 Å². The van der Waals surface area contributed by atoms with Gasteiger partial charge in [0, 0.05) is 25.0 Å². The van der Waals surface area contributed by atoms with Crippen molar-refractivity contribution in [3.8, 4) is 0 Å². The summed E-state index contributed by atoms with van der Waals surface area (Å²) in [6, 6.07) is 0. The molecule has 3 rings (SSSR count). The zero-order chi connectivity index (χ0) is 13.9. The number of hydrogen-bond donors (Lipinski definition) is 1. The van der Waals surface area contributed by atoms with Crippen LogP contribution in [0.4, 0.5) is 5.13 Å². The van der Waals surface area contributed by atoms with Crippen LogP contribution in [0.2, 0.25) is 0 Å². The Labute approximate surface area is 122 Å². The lowest BCUT2D eigenvalue weighted by molar-refractivity contribution is 0.546. The fourth-order valence-corrected chi connectivity index (χ4v) is 3.09. The molecule has 7 heteroatoms. The molecule has 0 spiro atoms. The van der Waals surface area contributed by atoms with Crippen molar-refractivity contribution in [2.75, 3.05) is 18.0 Å². The monoisotopic (exact) mass is 292 g/mol. The summed E-state index contributed by atoms with van der Waals surface area (Å²) in [4.78, 5) is 6.99. The molecular formula is C13H20N6S. The van der Waals surface area contributed by atoms with Crippen LogP contribution in [0.5, 0.6) is 0 Å². The highest BCUT2D eigenvalue weighted by Crippen LogP contribution is 2.24. The van der Waals surface area contributed by atoms with Crippen molar-refractivity contribution in [3.63, 3.8) is 0 Å². The lowest BCUT2D eigenvalue weighted by Gasteiger charge is -2.26. The number of hydrogen-bond acceptors (Lipinski definition) is 6. The first-order valence-electron chi connectivity index (χ1n) is 6.99. The molecule has 1 N–H and O–H groups in total. The van der Waals surface area contributed by atoms with Gasteiger partial charge in [-0.05, 0) is 12.5 Å². The highest BCUT2D eigenvalue weighted by molar-refractivity contribution is 7.13. The lowest BCUT2D eigenvalue weighted by atomic mass is 10.2. The second-order valence-corrected chi connectivity index (χ2v) is 6.34. The smallest absolute Gasteiger partial charge is 0.186 e. The van der Waals surface area contributed by atoms with Crippen LogP contribution >= 0.6 is 11.3 Å². The lowest BCUT2D eigenvalue weighted by Crippen LogP contribution is -2.33. The van der Waals surface area contributed by atoms with Gasteiger partial charge >= 0.3 is 0 Å². The Kier molecular flexibility index (Phi) is 3.98. The third-order valence-electron chi connectivity index (χ3n) is 3.31. The molecule has 3 heterocycles. The van der Waals surface area contributed by atoms with Gasteiger partial charge in [-0.1, -0.05) is 13.8 Å². The van der Waals surface area contributed by atoms with Crippen molar-refractivity contribution in [1.29, 1.82) is 0 Å². The first-order chi connectivity index (χ1) is 9.72. The van der Waals surface area contributed by atoms with Gasteiger partial charge in [0.1, 0.15) is 6.33 Å². The first-order valence-corrected chi connectivity index (χ1v) is 7.87. The summed E-state index contributed by atoms with van der Waals surface area (Å²) >= 11 is 1.71. The maximum absolute atomic E-state index is 4.71. The first kappa shape index (κ1) is 13.5. The van der Waals surface area contributed by atoms with Gasteiger partial charge in [-0.3, -0.25) is 0 Å². The Morgan fingerprint density at radius 1 is 1.40 bits per heavy atom. The third-order valence-corrected chi connectivity index (χ3v) is 4.26. The van der Waals surface area contributed by atoms with Crippen LogP contribution in [-0.2, 0) is 19.6 Å². The summed E-state index contributed by atoms with van der Waals surface area (Å²) in [5.74, 6) is 1.69. The number of thiazole rings is 1. The zero-order valence-corrected chi connectivity index (χ0v) is 12.7. The van der Waals surface area contributed by atoms with Gasteiger partial charge in [0.05, 0.1) is 12.2 Å². The van der Waals surface area contributed by atoms with Crippen molar-refractivity contribution < 1.29 is 0 Å². The predicted molar refractivity (Wildman–Crippen MR) is 79.7 cm³/mol. The maximum Gasteiger partial charge on any atom is 0.186 e. The summed E-state index contributed by atoms with van der Waals surface area (Å²) in [6.45, 7) is 9.00. The van der Waals surface area contributed by atoms with Gasteiger partial charge < -0.3 is 14.8 Å². The van der Waals surface area contributed by atoms with Crippen molar-refractivity contribution in [1.82, 2.24) is 25.1 Å². The van der Waals surface area contributed by atoms with E-state index in [4.69, 9.17) is 4.98 Å². The molecule has 1 aliphatic rings. The van der Waals surface area contributed by atoms with E-state index in [1.807, 2.05) is 0 Å². The number of rotatable bonds is 5. The molecule has 0 unspecified atom stereocenters. The van der Waals surface area contributed by atoms with Crippen molar-refractivity contribution in [2.24, 2.45) is 5.92 Å². The molecule has 1 aliphatic heterocycles.